The Bertz CT molecular complexity index is 1140. The lowest BCUT2D eigenvalue weighted by Crippen LogP contribution is -2.53. The highest BCUT2D eigenvalue weighted by Gasteiger charge is 2.49. The molecule has 0 amide bonds. The molecule has 1 unspecified atom stereocenters. The Morgan fingerprint density at radius 1 is 1.00 bits per heavy atom. The van der Waals surface area contributed by atoms with Gasteiger partial charge in [0.15, 0.2) is 9.84 Å². The fourth-order valence-electron chi connectivity index (χ4n) is 6.63. The molecule has 2 aromatic rings. The normalized spacial score (nSPS) is 22.5. The second-order valence-corrected chi connectivity index (χ2v) is 12.7. The molecule has 185 valence electrons. The molecule has 6 heteroatoms. The summed E-state index contributed by atoms with van der Waals surface area (Å²) in [5.74, 6) is 1.40. The van der Waals surface area contributed by atoms with Crippen molar-refractivity contribution in [3.05, 3.63) is 66.6 Å². The third kappa shape index (κ3) is 4.86. The van der Waals surface area contributed by atoms with Crippen LogP contribution in [0.5, 0.6) is 0 Å². The van der Waals surface area contributed by atoms with Gasteiger partial charge in [-0.1, -0.05) is 36.8 Å². The van der Waals surface area contributed by atoms with Crippen LogP contribution in [0.15, 0.2) is 59.5 Å². The number of hydrogen-bond donors (Lipinski definition) is 0. The summed E-state index contributed by atoms with van der Waals surface area (Å²) >= 11 is 0. The van der Waals surface area contributed by atoms with Crippen LogP contribution >= 0.6 is 0 Å². The first kappa shape index (κ1) is 24.3. The van der Waals surface area contributed by atoms with Gasteiger partial charge in [0.2, 0.25) is 0 Å². The van der Waals surface area contributed by atoms with E-state index in [1.165, 1.54) is 18.2 Å². The summed E-state index contributed by atoms with van der Waals surface area (Å²) in [6.45, 7) is 5.26. The Hall–Kier alpha value is -2.36. The van der Waals surface area contributed by atoms with Crippen LogP contribution in [0.2, 0.25) is 0 Å². The first-order chi connectivity index (χ1) is 16.9. The van der Waals surface area contributed by atoms with Crippen molar-refractivity contribution in [2.75, 3.05) is 43.9 Å². The molecule has 2 atom stereocenters. The van der Waals surface area contributed by atoms with E-state index in [1.807, 2.05) is 12.1 Å². The minimum absolute atomic E-state index is 0.362. The molecule has 2 saturated heterocycles. The highest BCUT2D eigenvalue weighted by atomic mass is 32.2. The molecule has 0 bridgehead atoms. The highest BCUT2D eigenvalue weighted by molar-refractivity contribution is 7.90. The van der Waals surface area contributed by atoms with Crippen molar-refractivity contribution < 1.29 is 8.42 Å². The van der Waals surface area contributed by atoms with Crippen molar-refractivity contribution >= 4 is 15.5 Å². The molecule has 0 N–H and O–H groups in total. The van der Waals surface area contributed by atoms with Crippen LogP contribution in [0.1, 0.15) is 37.7 Å². The molecule has 1 radical (unpaired) electrons. The summed E-state index contributed by atoms with van der Waals surface area (Å²) < 4.78 is 23.4. The van der Waals surface area contributed by atoms with Crippen molar-refractivity contribution in [1.82, 2.24) is 4.90 Å². The average molecular weight is 491 g/mol. The molecule has 5 nitrogen and oxygen atoms in total. The second-order valence-electron chi connectivity index (χ2n) is 10.7. The molecular weight excluding hydrogens is 454 g/mol. The SMILES string of the molecule is CS(=O)(=O)c1ccc(N2CC(CN3CCC(C(C#N)(c4ccccc4)[C@H]4[CH]CCC4)CC3)C2)cc1. The predicted molar refractivity (Wildman–Crippen MR) is 140 cm³/mol. The number of hydrogen-bond acceptors (Lipinski definition) is 5. The molecule has 1 aliphatic carbocycles. The third-order valence-corrected chi connectivity index (χ3v) is 9.66. The predicted octanol–water partition coefficient (Wildman–Crippen LogP) is 4.70. The second kappa shape index (κ2) is 9.95. The standard InChI is InChI=1S/C29H36N3O2S/c1-35(33,34)28-13-11-27(12-14-28)32-20-23(21-32)19-31-17-15-26(16-18-31)29(22-30,25-9-5-6-10-25)24-7-3-2-4-8-24/h2-4,7-9,11-14,23,25-26H,5-6,10,15-21H2,1H3/t25-,29?/m0/s1. The van der Waals surface area contributed by atoms with E-state index in [0.29, 0.717) is 22.6 Å². The summed E-state index contributed by atoms with van der Waals surface area (Å²) in [5, 5.41) is 10.6. The van der Waals surface area contributed by atoms with Crippen molar-refractivity contribution in [3.8, 4) is 6.07 Å². The minimum atomic E-state index is -3.15. The molecule has 35 heavy (non-hydrogen) atoms. The number of rotatable bonds is 7. The van der Waals surface area contributed by atoms with Crippen LogP contribution in [0.4, 0.5) is 5.69 Å². The lowest BCUT2D eigenvalue weighted by molar-refractivity contribution is 0.109. The maximum Gasteiger partial charge on any atom is 0.175 e. The monoisotopic (exact) mass is 490 g/mol. The van der Waals surface area contributed by atoms with Crippen LogP contribution in [0, 0.1) is 35.5 Å². The van der Waals surface area contributed by atoms with Gasteiger partial charge >= 0.3 is 0 Å². The van der Waals surface area contributed by atoms with Crippen LogP contribution in [-0.4, -0.2) is 52.3 Å². The molecule has 2 aliphatic heterocycles. The summed E-state index contributed by atoms with van der Waals surface area (Å²) in [7, 11) is -3.15. The lowest BCUT2D eigenvalue weighted by atomic mass is 9.60. The average Bonchev–Trinajstić information content (AvgIpc) is 3.38. The third-order valence-electron chi connectivity index (χ3n) is 8.53. The molecular formula is C29H36N3O2S. The van der Waals surface area contributed by atoms with Gasteiger partial charge in [0, 0.05) is 37.5 Å². The van der Waals surface area contributed by atoms with E-state index in [9.17, 15) is 13.7 Å². The first-order valence-corrected chi connectivity index (χ1v) is 14.9. The van der Waals surface area contributed by atoms with E-state index in [2.05, 4.69) is 52.6 Å². The molecule has 3 aliphatic rings. The van der Waals surface area contributed by atoms with E-state index in [4.69, 9.17) is 0 Å². The van der Waals surface area contributed by atoms with Crippen molar-refractivity contribution in [1.29, 1.82) is 5.26 Å². The number of anilines is 1. The first-order valence-electron chi connectivity index (χ1n) is 13.0. The molecule has 0 aromatic heterocycles. The van der Waals surface area contributed by atoms with Crippen LogP contribution in [0.3, 0.4) is 0 Å². The molecule has 2 aromatic carbocycles. The number of nitriles is 1. The summed E-state index contributed by atoms with van der Waals surface area (Å²) in [5.41, 5.74) is 1.91. The molecule has 0 spiro atoms. The zero-order valence-electron chi connectivity index (χ0n) is 20.6. The number of likely N-dealkylation sites (tertiary alicyclic amines) is 1. The van der Waals surface area contributed by atoms with E-state index in [-0.39, 0.29) is 0 Å². The summed E-state index contributed by atoms with van der Waals surface area (Å²) in [6.07, 6.45) is 9.30. The zero-order chi connectivity index (χ0) is 24.5. The quantitative estimate of drug-likeness (QED) is 0.563. The smallest absolute Gasteiger partial charge is 0.175 e. The molecule has 5 rings (SSSR count). The lowest BCUT2D eigenvalue weighted by Gasteiger charge is -2.47. The largest absolute Gasteiger partial charge is 0.371 e. The summed E-state index contributed by atoms with van der Waals surface area (Å²) in [4.78, 5) is 5.30. The zero-order valence-corrected chi connectivity index (χ0v) is 21.5. The summed E-state index contributed by atoms with van der Waals surface area (Å²) in [6, 6.07) is 20.7. The Labute approximate surface area is 210 Å². The maximum absolute atomic E-state index is 11.7. The van der Waals surface area contributed by atoms with Crippen LogP contribution < -0.4 is 4.90 Å². The van der Waals surface area contributed by atoms with Crippen molar-refractivity contribution in [2.24, 2.45) is 17.8 Å². The highest BCUT2D eigenvalue weighted by Crippen LogP contribution is 2.49. The fraction of sp³-hybridized carbons (Fsp3) is 0.517. The van der Waals surface area contributed by atoms with Gasteiger partial charge in [-0.15, -0.1) is 0 Å². The molecule has 1 saturated carbocycles. The Morgan fingerprint density at radius 2 is 1.69 bits per heavy atom. The van der Waals surface area contributed by atoms with E-state index >= 15 is 0 Å². The van der Waals surface area contributed by atoms with E-state index < -0.39 is 15.3 Å². The Kier molecular flexibility index (Phi) is 6.92. The minimum Gasteiger partial charge on any atom is -0.371 e. The van der Waals surface area contributed by atoms with Gasteiger partial charge < -0.3 is 9.80 Å². The van der Waals surface area contributed by atoms with Crippen molar-refractivity contribution in [2.45, 2.75) is 42.4 Å². The van der Waals surface area contributed by atoms with Gasteiger partial charge in [-0.3, -0.25) is 0 Å². The van der Waals surface area contributed by atoms with Gasteiger partial charge in [0.05, 0.1) is 16.4 Å². The fourth-order valence-corrected chi connectivity index (χ4v) is 7.26. The van der Waals surface area contributed by atoms with Gasteiger partial charge in [-0.05, 0) is 86.9 Å². The number of sulfone groups is 1. The van der Waals surface area contributed by atoms with E-state index in [1.54, 1.807) is 12.1 Å². The van der Waals surface area contributed by atoms with Crippen LogP contribution in [-0.2, 0) is 15.3 Å². The van der Waals surface area contributed by atoms with Gasteiger partial charge in [0.25, 0.3) is 0 Å². The Morgan fingerprint density at radius 3 is 2.26 bits per heavy atom. The molecule has 3 fully saturated rings. The number of benzene rings is 2. The maximum atomic E-state index is 11.7. The van der Waals surface area contributed by atoms with Crippen molar-refractivity contribution in [3.63, 3.8) is 0 Å². The van der Waals surface area contributed by atoms with Gasteiger partial charge in [-0.2, -0.15) is 5.26 Å². The topological polar surface area (TPSA) is 64.4 Å². The Balaban J connectivity index is 1.17. The van der Waals surface area contributed by atoms with E-state index in [0.717, 1.165) is 64.1 Å². The van der Waals surface area contributed by atoms with Gasteiger partial charge in [0.1, 0.15) is 0 Å². The van der Waals surface area contributed by atoms with Crippen LogP contribution in [0.25, 0.3) is 0 Å². The number of piperidine rings is 1. The number of nitrogens with zero attached hydrogens (tertiary/aromatic N) is 3. The van der Waals surface area contributed by atoms with Gasteiger partial charge in [-0.25, -0.2) is 8.42 Å². The molecule has 2 heterocycles.